The second-order valence-corrected chi connectivity index (χ2v) is 6.10. The molecule has 0 aromatic heterocycles. The topological polar surface area (TPSA) is 81.7 Å². The molecule has 1 amide bonds. The lowest BCUT2D eigenvalue weighted by Crippen LogP contribution is -2.64. The van der Waals surface area contributed by atoms with E-state index in [0.29, 0.717) is 11.4 Å². The van der Waals surface area contributed by atoms with Crippen LogP contribution in [0.1, 0.15) is 27.2 Å². The molecular formula is C16H19N2O4-. The lowest BCUT2D eigenvalue weighted by atomic mass is 10.1. The Labute approximate surface area is 129 Å². The molecule has 0 radical (unpaired) electrons. The molecule has 1 atom stereocenters. The third kappa shape index (κ3) is 2.64. The summed E-state index contributed by atoms with van der Waals surface area (Å²) in [6.45, 7) is 8.72. The third-order valence-electron chi connectivity index (χ3n) is 3.22. The fourth-order valence-corrected chi connectivity index (χ4v) is 2.40. The normalized spacial score (nSPS) is 20.0. The van der Waals surface area contributed by atoms with E-state index in [0.717, 1.165) is 4.90 Å². The molecule has 0 saturated carbocycles. The van der Waals surface area contributed by atoms with E-state index in [-0.39, 0.29) is 6.42 Å². The maximum Gasteiger partial charge on any atom is 0.417 e. The van der Waals surface area contributed by atoms with Crippen LogP contribution in [0.15, 0.2) is 36.9 Å². The van der Waals surface area contributed by atoms with Gasteiger partial charge in [-0.2, -0.15) is 0 Å². The monoisotopic (exact) mass is 303 g/mol. The number of para-hydroxylation sites is 2. The maximum absolute atomic E-state index is 12.6. The summed E-state index contributed by atoms with van der Waals surface area (Å²) in [6, 6.07) is 6.82. The molecule has 6 heteroatoms. The van der Waals surface area contributed by atoms with Crippen LogP contribution < -0.4 is 15.3 Å². The minimum atomic E-state index is -1.74. The van der Waals surface area contributed by atoms with Gasteiger partial charge in [0.25, 0.3) is 0 Å². The highest BCUT2D eigenvalue weighted by molar-refractivity contribution is 6.06. The van der Waals surface area contributed by atoms with E-state index in [2.05, 4.69) is 11.9 Å². The zero-order valence-corrected chi connectivity index (χ0v) is 12.9. The van der Waals surface area contributed by atoms with Gasteiger partial charge in [0.1, 0.15) is 5.60 Å². The Morgan fingerprint density at radius 3 is 2.59 bits per heavy atom. The summed E-state index contributed by atoms with van der Waals surface area (Å²) >= 11 is 0. The van der Waals surface area contributed by atoms with Crippen molar-refractivity contribution in [2.75, 3.05) is 10.2 Å². The molecule has 1 aromatic carbocycles. The molecule has 6 nitrogen and oxygen atoms in total. The highest BCUT2D eigenvalue weighted by Gasteiger charge is 2.49. The predicted molar refractivity (Wildman–Crippen MR) is 81.3 cm³/mol. The molecule has 1 heterocycles. The van der Waals surface area contributed by atoms with Gasteiger partial charge in [0, 0.05) is 6.42 Å². The van der Waals surface area contributed by atoms with Crippen molar-refractivity contribution in [3.8, 4) is 0 Å². The lowest BCUT2D eigenvalue weighted by Gasteiger charge is -2.39. The van der Waals surface area contributed by atoms with Crippen molar-refractivity contribution in [1.29, 1.82) is 0 Å². The van der Waals surface area contributed by atoms with Gasteiger partial charge >= 0.3 is 6.09 Å². The molecule has 1 unspecified atom stereocenters. The standard InChI is InChI=1S/C16H20N2O4/c1-5-10-16(13(19)20)17-11-8-6-7-9-12(11)18(16)14(21)22-15(2,3)4/h5-9,17H,1,10H2,2-4H3,(H,19,20)/p-1. The number of amides is 1. The van der Waals surface area contributed by atoms with Crippen LogP contribution in [0.5, 0.6) is 0 Å². The van der Waals surface area contributed by atoms with Crippen LogP contribution in [0.2, 0.25) is 0 Å². The molecule has 22 heavy (non-hydrogen) atoms. The van der Waals surface area contributed by atoms with E-state index in [1.807, 2.05) is 0 Å². The molecule has 1 N–H and O–H groups in total. The number of ether oxygens (including phenoxy) is 1. The quantitative estimate of drug-likeness (QED) is 0.862. The van der Waals surface area contributed by atoms with Crippen molar-refractivity contribution in [3.05, 3.63) is 36.9 Å². The van der Waals surface area contributed by atoms with Crippen molar-refractivity contribution in [1.82, 2.24) is 0 Å². The first kappa shape index (κ1) is 15.9. The number of nitrogens with one attached hydrogen (secondary N) is 1. The number of fused-ring (bicyclic) bond motifs is 1. The van der Waals surface area contributed by atoms with Gasteiger partial charge in [-0.15, -0.1) is 6.58 Å². The van der Waals surface area contributed by atoms with E-state index in [4.69, 9.17) is 4.74 Å². The van der Waals surface area contributed by atoms with Gasteiger partial charge in [0.05, 0.1) is 17.3 Å². The summed E-state index contributed by atoms with van der Waals surface area (Å²) in [5.74, 6) is -1.42. The zero-order chi connectivity index (χ0) is 16.5. The Morgan fingerprint density at radius 1 is 1.41 bits per heavy atom. The Hall–Kier alpha value is -2.50. The van der Waals surface area contributed by atoms with Crippen LogP contribution in [0.4, 0.5) is 16.2 Å². The number of benzene rings is 1. The molecule has 1 aliphatic rings. The number of aliphatic carboxylic acids is 1. The number of nitrogens with zero attached hydrogens (tertiary/aromatic N) is 1. The number of carboxylic acid groups (broad SMARTS) is 1. The average Bonchev–Trinajstić information content (AvgIpc) is 2.72. The van der Waals surface area contributed by atoms with Gasteiger partial charge in [0.2, 0.25) is 0 Å². The molecule has 0 saturated heterocycles. The molecule has 0 bridgehead atoms. The maximum atomic E-state index is 12.6. The molecule has 0 aliphatic carbocycles. The Bertz CT molecular complexity index is 621. The molecule has 1 aliphatic heterocycles. The molecular weight excluding hydrogens is 284 g/mol. The van der Waals surface area contributed by atoms with E-state index >= 15 is 0 Å². The van der Waals surface area contributed by atoms with Crippen molar-refractivity contribution < 1.29 is 19.4 Å². The number of hydrogen-bond acceptors (Lipinski definition) is 5. The summed E-state index contributed by atoms with van der Waals surface area (Å²) in [5, 5.41) is 14.6. The van der Waals surface area contributed by atoms with Gasteiger partial charge in [-0.3, -0.25) is 0 Å². The number of carboxylic acids is 1. The minimum absolute atomic E-state index is 0.0245. The summed E-state index contributed by atoms with van der Waals surface area (Å²) in [5.41, 5.74) is -1.53. The van der Waals surface area contributed by atoms with Crippen molar-refractivity contribution in [3.63, 3.8) is 0 Å². The first-order chi connectivity index (χ1) is 10.2. The minimum Gasteiger partial charge on any atom is -0.545 e. The second kappa shape index (κ2) is 5.36. The SMILES string of the molecule is C=CCC1(C(=O)[O-])Nc2ccccc2N1C(=O)OC(C)(C)C. The van der Waals surface area contributed by atoms with Gasteiger partial charge in [-0.05, 0) is 32.9 Å². The molecule has 0 fully saturated rings. The van der Waals surface area contributed by atoms with Crippen molar-refractivity contribution in [2.24, 2.45) is 0 Å². The van der Waals surface area contributed by atoms with Gasteiger partial charge in [-0.1, -0.05) is 18.2 Å². The first-order valence-electron chi connectivity index (χ1n) is 6.94. The van der Waals surface area contributed by atoms with Crippen molar-refractivity contribution >= 4 is 23.4 Å². The molecule has 0 spiro atoms. The van der Waals surface area contributed by atoms with Crippen LogP contribution in [-0.4, -0.2) is 23.3 Å². The number of anilines is 2. The highest BCUT2D eigenvalue weighted by atomic mass is 16.6. The molecule has 2 rings (SSSR count). The van der Waals surface area contributed by atoms with Crippen LogP contribution in [0.3, 0.4) is 0 Å². The Balaban J connectivity index is 2.53. The highest BCUT2D eigenvalue weighted by Crippen LogP contribution is 2.42. The van der Waals surface area contributed by atoms with Gasteiger partial charge in [-0.25, -0.2) is 9.69 Å². The van der Waals surface area contributed by atoms with Crippen LogP contribution in [0, 0.1) is 0 Å². The molecule has 118 valence electrons. The number of carbonyl (C=O) groups excluding carboxylic acids is 2. The number of hydrogen-bond donors (Lipinski definition) is 1. The van der Waals surface area contributed by atoms with E-state index < -0.39 is 23.3 Å². The summed E-state index contributed by atoms with van der Waals surface area (Å²) in [4.78, 5) is 25.4. The predicted octanol–water partition coefficient (Wildman–Crippen LogP) is 1.88. The smallest absolute Gasteiger partial charge is 0.417 e. The fourth-order valence-electron chi connectivity index (χ4n) is 2.40. The first-order valence-corrected chi connectivity index (χ1v) is 6.94. The Morgan fingerprint density at radius 2 is 2.05 bits per heavy atom. The third-order valence-corrected chi connectivity index (χ3v) is 3.22. The van der Waals surface area contributed by atoms with E-state index in [1.54, 1.807) is 45.0 Å². The Kier molecular flexibility index (Phi) is 3.87. The number of carbonyl (C=O) groups is 2. The van der Waals surface area contributed by atoms with E-state index in [9.17, 15) is 14.7 Å². The number of rotatable bonds is 3. The van der Waals surface area contributed by atoms with Crippen molar-refractivity contribution in [2.45, 2.75) is 38.5 Å². The largest absolute Gasteiger partial charge is 0.545 e. The summed E-state index contributed by atoms with van der Waals surface area (Å²) in [7, 11) is 0. The lowest BCUT2D eigenvalue weighted by molar-refractivity contribution is -0.311. The van der Waals surface area contributed by atoms with Crippen LogP contribution >= 0.6 is 0 Å². The summed E-state index contributed by atoms with van der Waals surface area (Å²) in [6.07, 6.45) is 0.644. The van der Waals surface area contributed by atoms with Crippen LogP contribution in [-0.2, 0) is 9.53 Å². The van der Waals surface area contributed by atoms with Gasteiger partial charge < -0.3 is 20.0 Å². The van der Waals surface area contributed by atoms with Crippen LogP contribution in [0.25, 0.3) is 0 Å². The second-order valence-electron chi connectivity index (χ2n) is 6.10. The van der Waals surface area contributed by atoms with E-state index in [1.165, 1.54) is 6.08 Å². The van der Waals surface area contributed by atoms with Gasteiger partial charge in [0.15, 0.2) is 5.66 Å². The fraction of sp³-hybridized carbons (Fsp3) is 0.375. The average molecular weight is 303 g/mol. The molecule has 1 aromatic rings. The summed E-state index contributed by atoms with van der Waals surface area (Å²) < 4.78 is 5.35. The zero-order valence-electron chi connectivity index (χ0n) is 12.9.